The molecule has 0 bridgehead atoms. The van der Waals surface area contributed by atoms with Crippen LogP contribution in [0, 0.1) is 5.92 Å². The van der Waals surface area contributed by atoms with Crippen LogP contribution in [0.3, 0.4) is 0 Å². The Kier molecular flexibility index (Phi) is 75.4. The number of hydrogen-bond acceptors (Lipinski definition) is 15. The van der Waals surface area contributed by atoms with E-state index >= 15 is 0 Å². The Bertz CT molecular complexity index is 1960. The molecule has 0 amide bonds. The van der Waals surface area contributed by atoms with E-state index in [4.69, 9.17) is 37.0 Å². The molecule has 0 saturated heterocycles. The van der Waals surface area contributed by atoms with Crippen LogP contribution in [0.5, 0.6) is 0 Å². The second kappa shape index (κ2) is 76.8. The number of ether oxygens (including phenoxy) is 4. The topological polar surface area (TPSA) is 237 Å². The number of phosphoric ester groups is 2. The van der Waals surface area contributed by atoms with Crippen molar-refractivity contribution in [1.29, 1.82) is 0 Å². The SMILES string of the molecule is CCCCCCCCCCCCCCCCCCCCCC(=O)OC[C@H](COP(=O)(O)OC[C@@H](O)COP(=O)(O)OC[C@@H](COC(=O)CCCCCCCCCCCCC)OC(=O)CCCCCCCCCCCCCCCC)OC(=O)CCCCCCCCCCCCCCCCCCC(C)C. The molecule has 17 nitrogen and oxygen atoms in total. The number of aliphatic hydroxyl groups excluding tert-OH is 1. The summed E-state index contributed by atoms with van der Waals surface area (Å²) in [7, 11) is -9.92. The zero-order valence-electron chi connectivity index (χ0n) is 67.5. The lowest BCUT2D eigenvalue weighted by Crippen LogP contribution is -2.30. The summed E-state index contributed by atoms with van der Waals surface area (Å²) < 4.78 is 68.8. The summed E-state index contributed by atoms with van der Waals surface area (Å²) in [5, 5.41) is 10.7. The zero-order valence-corrected chi connectivity index (χ0v) is 69.3. The molecule has 0 aromatic rings. The molecule has 103 heavy (non-hydrogen) atoms. The maximum atomic E-state index is 13.1. The van der Waals surface area contributed by atoms with Crippen LogP contribution >= 0.6 is 15.6 Å². The summed E-state index contributed by atoms with van der Waals surface area (Å²) >= 11 is 0. The van der Waals surface area contributed by atoms with E-state index in [1.54, 1.807) is 0 Å². The summed E-state index contributed by atoms with van der Waals surface area (Å²) in [6, 6.07) is 0. The van der Waals surface area contributed by atoms with Crippen LogP contribution in [-0.4, -0.2) is 96.7 Å². The van der Waals surface area contributed by atoms with Crippen LogP contribution in [0.4, 0.5) is 0 Å². The van der Waals surface area contributed by atoms with Gasteiger partial charge < -0.3 is 33.8 Å². The van der Waals surface area contributed by atoms with Gasteiger partial charge in [-0.2, -0.15) is 0 Å². The summed E-state index contributed by atoms with van der Waals surface area (Å²) in [6.45, 7) is 7.38. The zero-order chi connectivity index (χ0) is 75.5. The van der Waals surface area contributed by atoms with Gasteiger partial charge in [0.25, 0.3) is 0 Å². The first-order chi connectivity index (χ1) is 50.0. The first-order valence-electron chi connectivity index (χ1n) is 43.6. The van der Waals surface area contributed by atoms with Gasteiger partial charge in [0.05, 0.1) is 26.4 Å². The maximum Gasteiger partial charge on any atom is 0.472 e. The van der Waals surface area contributed by atoms with Crippen LogP contribution in [0.25, 0.3) is 0 Å². The number of aliphatic hydroxyl groups is 1. The van der Waals surface area contributed by atoms with E-state index in [0.717, 1.165) is 95.8 Å². The fourth-order valence-corrected chi connectivity index (χ4v) is 14.7. The lowest BCUT2D eigenvalue weighted by atomic mass is 10.0. The molecule has 3 N–H and O–H groups in total. The first-order valence-corrected chi connectivity index (χ1v) is 46.6. The van der Waals surface area contributed by atoms with Gasteiger partial charge in [0.1, 0.15) is 19.3 Å². The van der Waals surface area contributed by atoms with Crippen molar-refractivity contribution < 1.29 is 80.2 Å². The van der Waals surface area contributed by atoms with E-state index in [9.17, 15) is 43.2 Å². The molecule has 0 fully saturated rings. The van der Waals surface area contributed by atoms with E-state index in [0.29, 0.717) is 25.7 Å². The van der Waals surface area contributed by atoms with Crippen molar-refractivity contribution in [3.05, 3.63) is 0 Å². The van der Waals surface area contributed by atoms with Gasteiger partial charge in [-0.05, 0) is 31.6 Å². The largest absolute Gasteiger partial charge is 0.472 e. The number of hydrogen-bond donors (Lipinski definition) is 3. The van der Waals surface area contributed by atoms with E-state index in [1.165, 1.54) is 276 Å². The summed E-state index contributed by atoms with van der Waals surface area (Å²) in [6.07, 6.45) is 69.3. The lowest BCUT2D eigenvalue weighted by Gasteiger charge is -2.21. The molecular formula is C84H164O17P2. The Morgan fingerprint density at radius 1 is 0.262 bits per heavy atom. The first kappa shape index (κ1) is 101. The normalized spacial score (nSPS) is 13.8. The quantitative estimate of drug-likeness (QED) is 0.0222. The maximum absolute atomic E-state index is 13.1. The Hall–Kier alpha value is -1.94. The highest BCUT2D eigenvalue weighted by Gasteiger charge is 2.30. The summed E-state index contributed by atoms with van der Waals surface area (Å²) in [4.78, 5) is 73.1. The minimum atomic E-state index is -4.96. The molecule has 0 rings (SSSR count). The molecule has 0 aromatic carbocycles. The van der Waals surface area contributed by atoms with Gasteiger partial charge in [-0.3, -0.25) is 37.3 Å². The van der Waals surface area contributed by atoms with Gasteiger partial charge in [-0.25, -0.2) is 9.13 Å². The molecule has 0 aliphatic heterocycles. The van der Waals surface area contributed by atoms with E-state index in [1.807, 2.05) is 0 Å². The van der Waals surface area contributed by atoms with Gasteiger partial charge in [0, 0.05) is 25.7 Å². The molecule has 2 unspecified atom stereocenters. The molecule has 0 heterocycles. The van der Waals surface area contributed by atoms with Crippen LogP contribution in [-0.2, 0) is 65.4 Å². The number of rotatable bonds is 84. The standard InChI is InChI=1S/C84H164O17P2/c1-6-9-12-15-18-21-24-26-28-29-30-31-35-39-43-48-53-58-63-68-82(87)95-74-80(101-84(89)70-65-60-55-50-45-40-36-33-32-34-37-42-46-51-56-61-66-77(4)5)76-99-103(92,93)97-72-78(85)71-96-102(90,91)98-75-79(73-94-81(86)67-62-57-52-47-41-23-20-17-14-11-8-3)100-83(88)69-64-59-54-49-44-38-27-25-22-19-16-13-10-7-2/h77-80,85H,6-76H2,1-5H3,(H,90,91)(H,92,93)/t78-,79+,80+/m0/s1. The Balaban J connectivity index is 5.24. The van der Waals surface area contributed by atoms with Crippen LogP contribution < -0.4 is 0 Å². The van der Waals surface area contributed by atoms with Gasteiger partial charge in [-0.15, -0.1) is 0 Å². The number of carbonyl (C=O) groups is 4. The minimum absolute atomic E-state index is 0.109. The molecule has 0 spiro atoms. The number of phosphoric acid groups is 2. The molecule has 5 atom stereocenters. The van der Waals surface area contributed by atoms with Crippen molar-refractivity contribution in [2.45, 2.75) is 470 Å². The van der Waals surface area contributed by atoms with Crippen molar-refractivity contribution >= 4 is 39.5 Å². The Morgan fingerprint density at radius 3 is 0.660 bits per heavy atom. The van der Waals surface area contributed by atoms with Crippen LogP contribution in [0.15, 0.2) is 0 Å². The minimum Gasteiger partial charge on any atom is -0.462 e. The van der Waals surface area contributed by atoms with E-state index < -0.39 is 97.5 Å². The predicted octanol–water partition coefficient (Wildman–Crippen LogP) is 25.6. The van der Waals surface area contributed by atoms with E-state index in [2.05, 4.69) is 34.6 Å². The van der Waals surface area contributed by atoms with Crippen molar-refractivity contribution in [2.75, 3.05) is 39.6 Å². The molecule has 0 radical (unpaired) electrons. The highest BCUT2D eigenvalue weighted by molar-refractivity contribution is 7.47. The van der Waals surface area contributed by atoms with Crippen molar-refractivity contribution in [1.82, 2.24) is 0 Å². The lowest BCUT2D eigenvalue weighted by molar-refractivity contribution is -0.161. The van der Waals surface area contributed by atoms with Crippen LogP contribution in [0.2, 0.25) is 0 Å². The second-order valence-corrected chi connectivity index (χ2v) is 33.6. The Morgan fingerprint density at radius 2 is 0.447 bits per heavy atom. The van der Waals surface area contributed by atoms with Gasteiger partial charge >= 0.3 is 39.5 Å². The molecule has 19 heteroatoms. The molecule has 0 saturated carbocycles. The number of carbonyl (C=O) groups excluding carboxylic acids is 4. The molecule has 612 valence electrons. The van der Waals surface area contributed by atoms with Gasteiger partial charge in [-0.1, -0.05) is 401 Å². The third-order valence-electron chi connectivity index (χ3n) is 19.8. The molecule has 0 aliphatic carbocycles. The average Bonchev–Trinajstić information content (AvgIpc) is 0.939. The molecular weight excluding hydrogens is 1340 g/mol. The smallest absolute Gasteiger partial charge is 0.462 e. The summed E-state index contributed by atoms with van der Waals surface area (Å²) in [5.41, 5.74) is 0. The van der Waals surface area contributed by atoms with Crippen molar-refractivity contribution in [3.8, 4) is 0 Å². The van der Waals surface area contributed by atoms with Crippen LogP contribution in [0.1, 0.15) is 452 Å². The Labute approximate surface area is 632 Å². The second-order valence-electron chi connectivity index (χ2n) is 30.7. The predicted molar refractivity (Wildman–Crippen MR) is 423 cm³/mol. The number of esters is 4. The fourth-order valence-electron chi connectivity index (χ4n) is 13.1. The molecule has 0 aliphatic rings. The highest BCUT2D eigenvalue weighted by atomic mass is 31.2. The third-order valence-corrected chi connectivity index (χ3v) is 21.7. The van der Waals surface area contributed by atoms with Crippen molar-refractivity contribution in [2.24, 2.45) is 5.92 Å². The molecule has 0 aromatic heterocycles. The third kappa shape index (κ3) is 78.0. The van der Waals surface area contributed by atoms with Crippen molar-refractivity contribution in [3.63, 3.8) is 0 Å². The average molecular weight is 1510 g/mol. The van der Waals surface area contributed by atoms with E-state index in [-0.39, 0.29) is 25.7 Å². The van der Waals surface area contributed by atoms with Gasteiger partial charge in [0.2, 0.25) is 0 Å². The summed E-state index contributed by atoms with van der Waals surface area (Å²) in [5.74, 6) is -1.29. The highest BCUT2D eigenvalue weighted by Crippen LogP contribution is 2.45. The number of unbranched alkanes of at least 4 members (excludes halogenated alkanes) is 56. The van der Waals surface area contributed by atoms with Gasteiger partial charge in [0.15, 0.2) is 12.2 Å². The fraction of sp³-hybridized carbons (Fsp3) is 0.952. The monoisotopic (exact) mass is 1510 g/mol.